The second kappa shape index (κ2) is 51.3. The van der Waals surface area contributed by atoms with Gasteiger partial charge in [-0.3, -0.25) is 0 Å². The molecule has 0 N–H and O–H groups in total. The minimum atomic E-state index is -3.03. The summed E-state index contributed by atoms with van der Waals surface area (Å²) in [4.78, 5) is 27.3. The summed E-state index contributed by atoms with van der Waals surface area (Å²) in [5.74, 6) is 0. The number of rotatable bonds is 19. The van der Waals surface area contributed by atoms with Crippen molar-refractivity contribution in [2.75, 3.05) is 0 Å². The number of hydrogen-bond donors (Lipinski definition) is 0. The molecule has 0 aliphatic rings. The summed E-state index contributed by atoms with van der Waals surface area (Å²) in [6.07, 6.45) is 9.45. The van der Waals surface area contributed by atoms with Crippen molar-refractivity contribution in [3.63, 3.8) is 0 Å². The fraction of sp³-hybridized carbons (Fsp3) is 0.0400. The van der Waals surface area contributed by atoms with Crippen molar-refractivity contribution >= 4 is 82.4 Å². The van der Waals surface area contributed by atoms with Crippen LogP contribution in [0, 0.1) is 50.2 Å². The van der Waals surface area contributed by atoms with E-state index in [-0.39, 0.29) is 60.3 Å². The molecule has 9 nitrogen and oxygen atoms in total. The van der Waals surface area contributed by atoms with Crippen LogP contribution in [0.3, 0.4) is 0 Å². The van der Waals surface area contributed by atoms with E-state index in [2.05, 4.69) is 166 Å². The summed E-state index contributed by atoms with van der Waals surface area (Å²) in [6.45, 7) is 11.0. The van der Waals surface area contributed by atoms with Gasteiger partial charge in [0, 0.05) is 129 Å². The normalized spacial score (nSPS) is 10.8. The van der Waals surface area contributed by atoms with E-state index in [9.17, 15) is 13.7 Å². The molecule has 0 atom stereocenters. The van der Waals surface area contributed by atoms with Gasteiger partial charge in [-0.2, -0.15) is 0 Å². The average Bonchev–Trinajstić information content (AvgIpc) is 0.768. The summed E-state index contributed by atoms with van der Waals surface area (Å²) >= 11 is 0. The van der Waals surface area contributed by atoms with Gasteiger partial charge in [0.15, 0.2) is 21.4 Å². The van der Waals surface area contributed by atoms with E-state index in [1.54, 1.807) is 0 Å². The first kappa shape index (κ1) is 104. The largest absolute Gasteiger partial charge is 0.310 e. The van der Waals surface area contributed by atoms with Gasteiger partial charge in [-0.25, -0.2) is 0 Å². The van der Waals surface area contributed by atoms with E-state index < -0.39 is 29.5 Å². The van der Waals surface area contributed by atoms with E-state index in [1.165, 1.54) is 10.8 Å². The van der Waals surface area contributed by atoms with Crippen molar-refractivity contribution in [3.05, 3.63) is 558 Å². The topological polar surface area (TPSA) is 129 Å². The van der Waals surface area contributed by atoms with E-state index >= 15 is 0 Å². The Morgan fingerprint density at radius 1 is 0.220 bits per heavy atom. The Balaban J connectivity index is 0.000000147. The molecule has 0 unspecified atom stereocenters. The molecule has 0 saturated heterocycles. The standard InChI is InChI=1S/3C29H21NOP.C14H16NSi.2C12H10N.3Ir/c3*31-32(26-14-6-2-7-15-26,27-16-8-3-9-17-27)28-18-10-13-24(21-28)29-20-19-25(22-30-29)23-11-4-1-5-12-23;1-16(2,3)13-9-10-14(15-11-13)12-7-5-4-6-8-12;1-10-6-5-9-13-12(10)11-7-3-2-4-8-11;1-10-6-5-9-12(13-10)11-7-3-2-4-8-11;;;/h3*1-12,14-22H;4-7,9-11H,1-3H3;2*2-7,9H,1H3;;;/q6*-1;;;. The zero-order valence-corrected chi connectivity index (χ0v) is 89.1. The molecule has 16 heteroatoms. The molecule has 0 aliphatic heterocycles. The van der Waals surface area contributed by atoms with Gasteiger partial charge in [-0.05, 0) is 98.7 Å². The number of pyridine rings is 6. The smallest absolute Gasteiger partial charge is 0.153 e. The van der Waals surface area contributed by atoms with Crippen molar-refractivity contribution in [1.29, 1.82) is 0 Å². The Morgan fingerprint density at radius 2 is 0.504 bits per heavy atom. The van der Waals surface area contributed by atoms with Crippen molar-refractivity contribution in [2.45, 2.75) is 33.5 Å². The van der Waals surface area contributed by atoms with Crippen LogP contribution >= 0.6 is 21.4 Å². The molecule has 0 fully saturated rings. The maximum Gasteiger partial charge on any atom is 0.153 e. The molecule has 3 radical (unpaired) electrons. The monoisotopic (exact) mass is 2430 g/mol. The summed E-state index contributed by atoms with van der Waals surface area (Å²) in [5.41, 5.74) is 19.8. The van der Waals surface area contributed by atoms with Crippen LogP contribution in [0.2, 0.25) is 19.6 Å². The van der Waals surface area contributed by atoms with Gasteiger partial charge in [0.1, 0.15) is 0 Å². The minimum Gasteiger partial charge on any atom is -0.310 e. The van der Waals surface area contributed by atoms with E-state index in [0.29, 0.717) is 0 Å². The average molecular weight is 2430 g/mol. The molecule has 0 bridgehead atoms. The second-order valence-corrected chi connectivity index (χ2v) is 46.8. The van der Waals surface area contributed by atoms with Gasteiger partial charge < -0.3 is 43.6 Å². The Morgan fingerprint density at radius 3 is 0.780 bits per heavy atom. The Hall–Kier alpha value is -13.9. The van der Waals surface area contributed by atoms with Crippen LogP contribution in [0.1, 0.15) is 11.3 Å². The van der Waals surface area contributed by atoms with E-state index in [1.807, 2.05) is 444 Å². The predicted octanol–water partition coefficient (Wildman–Crippen LogP) is 26.4. The third-order valence-electron chi connectivity index (χ3n) is 23.1. The first-order valence-electron chi connectivity index (χ1n) is 45.6. The first-order valence-corrected chi connectivity index (χ1v) is 54.2. The molecule has 0 spiro atoms. The molecule has 0 amide bonds. The van der Waals surface area contributed by atoms with Crippen LogP contribution in [-0.2, 0) is 74.0 Å². The van der Waals surface area contributed by atoms with E-state index in [0.717, 1.165) is 154 Å². The predicted molar refractivity (Wildman–Crippen MR) is 578 cm³/mol. The van der Waals surface area contributed by atoms with Crippen LogP contribution in [0.15, 0.2) is 510 Å². The SMILES string of the molecule is C[Si](C)(C)c1ccc(-c2[c-]cccc2)nc1.Cc1cccc(-c2[c-]cccc2)n1.Cc1cccnc1-c1[c-]cccc1.O=P(c1ccccc1)(c1ccccc1)c1cc[c-]c(-c2ccc(-c3ccccc3)cn2)c1.O=P(c1ccccc1)(c1ccccc1)c1cc[c-]c(-c2ccc(-c3ccccc3)cn2)c1.O=P(c1ccccc1)(c1ccccc1)c1cc[c-]c(-c2ccc(-c3ccccc3)cn2)c1.[Ir].[Ir].[Ir]. The number of hydrogen-bond acceptors (Lipinski definition) is 9. The van der Waals surface area contributed by atoms with E-state index in [4.69, 9.17) is 0 Å². The van der Waals surface area contributed by atoms with Crippen LogP contribution in [0.4, 0.5) is 0 Å². The number of aryl methyl sites for hydroxylation is 2. The number of benzene rings is 15. The Labute approximate surface area is 870 Å². The molecule has 0 aliphatic carbocycles. The Kier molecular flexibility index (Phi) is 38.0. The zero-order valence-electron chi connectivity index (χ0n) is 78.2. The van der Waals surface area contributed by atoms with Crippen molar-refractivity contribution in [2.24, 2.45) is 0 Å². The fourth-order valence-corrected chi connectivity index (χ4v) is 24.8. The van der Waals surface area contributed by atoms with Gasteiger partial charge in [-0.15, -0.1) is 197 Å². The molecule has 6 aromatic heterocycles. The third kappa shape index (κ3) is 26.8. The quantitative estimate of drug-likeness (QED) is 0.0441. The molecule has 6 heterocycles. The fourth-order valence-electron chi connectivity index (χ4n) is 15.7. The summed E-state index contributed by atoms with van der Waals surface area (Å²) in [5, 5.41) is 8.62. The van der Waals surface area contributed by atoms with Gasteiger partial charge in [0.2, 0.25) is 0 Å². The zero-order chi connectivity index (χ0) is 95.2. The van der Waals surface area contributed by atoms with Crippen LogP contribution < -0.4 is 52.9 Å². The van der Waals surface area contributed by atoms with Gasteiger partial charge in [0.25, 0.3) is 0 Å². The van der Waals surface area contributed by atoms with Crippen molar-refractivity contribution in [3.8, 4) is 101 Å². The molecule has 141 heavy (non-hydrogen) atoms. The maximum absolute atomic E-state index is 14.6. The molecule has 0 saturated carbocycles. The third-order valence-corrected chi connectivity index (χ3v) is 34.3. The van der Waals surface area contributed by atoms with Crippen molar-refractivity contribution < 1.29 is 74.0 Å². The Bertz CT molecular complexity index is 6940. The van der Waals surface area contributed by atoms with Gasteiger partial charge >= 0.3 is 0 Å². The van der Waals surface area contributed by atoms with Gasteiger partial charge in [0.05, 0.1) is 8.07 Å². The molecular formula is C125H99Ir3N6O3P3Si-6. The first-order chi connectivity index (χ1) is 67.6. The molecule has 21 rings (SSSR count). The maximum atomic E-state index is 14.6. The number of nitrogens with zero attached hydrogens (tertiary/aromatic N) is 6. The molecule has 21 aromatic rings. The molecular weight excluding hydrogens is 2330 g/mol. The summed E-state index contributed by atoms with van der Waals surface area (Å²) < 4.78 is 43.8. The second-order valence-electron chi connectivity index (χ2n) is 33.5. The van der Waals surface area contributed by atoms with Crippen LogP contribution in [-0.4, -0.2) is 38.0 Å². The number of aromatic nitrogens is 6. The van der Waals surface area contributed by atoms with Crippen molar-refractivity contribution in [1.82, 2.24) is 29.9 Å². The summed E-state index contributed by atoms with van der Waals surface area (Å²) in [6, 6.07) is 175. The van der Waals surface area contributed by atoms with Gasteiger partial charge in [-0.1, -0.05) is 381 Å². The van der Waals surface area contributed by atoms with Crippen LogP contribution in [0.25, 0.3) is 101 Å². The molecule has 699 valence electrons. The summed E-state index contributed by atoms with van der Waals surface area (Å²) in [7, 11) is -10.3. The minimum absolute atomic E-state index is 0. The molecule has 15 aromatic carbocycles. The van der Waals surface area contributed by atoms with Crippen LogP contribution in [0.5, 0.6) is 0 Å².